The van der Waals surface area contributed by atoms with Gasteiger partial charge in [0, 0.05) is 49.7 Å². The van der Waals surface area contributed by atoms with Gasteiger partial charge in [-0.05, 0) is 77.9 Å². The number of rotatable bonds is 10. The smallest absolute Gasteiger partial charge is 0.270 e. The fourth-order valence-corrected chi connectivity index (χ4v) is 5.27. The van der Waals surface area contributed by atoms with Gasteiger partial charge < -0.3 is 19.9 Å². The summed E-state index contributed by atoms with van der Waals surface area (Å²) >= 11 is 6.66. The maximum atomic E-state index is 13.7. The molecular weight excluding hydrogens is 578 g/mol. The summed E-state index contributed by atoms with van der Waals surface area (Å²) in [6.07, 6.45) is 10.4. The molecule has 6 rings (SSSR count). The molecule has 2 N–H and O–H groups in total. The van der Waals surface area contributed by atoms with E-state index in [4.69, 9.17) is 16.3 Å². The van der Waals surface area contributed by atoms with Crippen LogP contribution in [0.5, 0.6) is 5.88 Å². The van der Waals surface area contributed by atoms with E-state index in [9.17, 15) is 9.59 Å². The van der Waals surface area contributed by atoms with E-state index in [0.29, 0.717) is 27.8 Å². The number of aryl methyl sites for hydroxylation is 2. The highest BCUT2D eigenvalue weighted by Gasteiger charge is 2.25. The van der Waals surface area contributed by atoms with Crippen LogP contribution in [0.1, 0.15) is 35.3 Å². The summed E-state index contributed by atoms with van der Waals surface area (Å²) in [5, 5.41) is 10.4. The number of ether oxygens (including phenoxy) is 1. The van der Waals surface area contributed by atoms with Gasteiger partial charge in [-0.1, -0.05) is 29.8 Å². The van der Waals surface area contributed by atoms with Crippen LogP contribution >= 0.6 is 11.6 Å². The van der Waals surface area contributed by atoms with Gasteiger partial charge in [-0.2, -0.15) is 5.10 Å². The second-order valence-electron chi connectivity index (χ2n) is 10.9. The van der Waals surface area contributed by atoms with E-state index in [-0.39, 0.29) is 18.4 Å². The molecule has 1 aliphatic carbocycles. The molecule has 5 aromatic rings. The Labute approximate surface area is 260 Å². The fourth-order valence-electron chi connectivity index (χ4n) is 5.07. The molecule has 0 saturated heterocycles. The third kappa shape index (κ3) is 6.50. The van der Waals surface area contributed by atoms with E-state index in [1.54, 1.807) is 37.9 Å². The standard InChI is InChI=1S/C33H32ClN7O3/c1-40-20-35-19-30(40)21-6-9-25(10-7-21)38-32(42)28(39-33(43)29-13-15-37-41(29)2)17-24-16-22(8-11-27(24)34)23-12-14-36-31(18-23)44-26-4-3-5-26/h6-16,18-20,26,28H,3-5,17H2,1-2H3,(H,38,42)(H,39,43). The summed E-state index contributed by atoms with van der Waals surface area (Å²) in [7, 11) is 3.59. The van der Waals surface area contributed by atoms with Gasteiger partial charge in [-0.15, -0.1) is 0 Å². The van der Waals surface area contributed by atoms with Crippen LogP contribution in [0.15, 0.2) is 85.6 Å². The number of anilines is 1. The van der Waals surface area contributed by atoms with E-state index in [0.717, 1.165) is 35.2 Å². The Kier molecular flexibility index (Phi) is 8.42. The van der Waals surface area contributed by atoms with E-state index >= 15 is 0 Å². The van der Waals surface area contributed by atoms with E-state index in [1.165, 1.54) is 17.3 Å². The lowest BCUT2D eigenvalue weighted by Gasteiger charge is -2.25. The number of aromatic nitrogens is 5. The number of benzene rings is 2. The minimum Gasteiger partial charge on any atom is -0.474 e. The molecule has 1 saturated carbocycles. The molecule has 44 heavy (non-hydrogen) atoms. The molecule has 1 aliphatic rings. The van der Waals surface area contributed by atoms with Crippen molar-refractivity contribution in [1.82, 2.24) is 29.6 Å². The van der Waals surface area contributed by atoms with Crippen molar-refractivity contribution in [2.75, 3.05) is 5.32 Å². The molecule has 3 heterocycles. The Morgan fingerprint density at radius 2 is 1.77 bits per heavy atom. The van der Waals surface area contributed by atoms with Gasteiger partial charge in [-0.3, -0.25) is 14.3 Å². The number of halogens is 1. The van der Waals surface area contributed by atoms with Crippen LogP contribution in [0.4, 0.5) is 5.69 Å². The first-order valence-corrected chi connectivity index (χ1v) is 14.8. The highest BCUT2D eigenvalue weighted by Crippen LogP contribution is 2.30. The Morgan fingerprint density at radius 1 is 1.00 bits per heavy atom. The van der Waals surface area contributed by atoms with Crippen LogP contribution in [0, 0.1) is 0 Å². The lowest BCUT2D eigenvalue weighted by molar-refractivity contribution is -0.118. The first-order valence-electron chi connectivity index (χ1n) is 14.4. The van der Waals surface area contributed by atoms with Gasteiger partial charge >= 0.3 is 0 Å². The van der Waals surface area contributed by atoms with Gasteiger partial charge in [0.05, 0.1) is 18.2 Å². The molecule has 1 fully saturated rings. The maximum absolute atomic E-state index is 13.7. The second kappa shape index (κ2) is 12.7. The molecule has 1 atom stereocenters. The first kappa shape index (κ1) is 29.1. The fraction of sp³-hybridized carbons (Fsp3) is 0.242. The number of pyridine rings is 1. The Bertz CT molecular complexity index is 1790. The molecule has 0 spiro atoms. The molecule has 11 heteroatoms. The zero-order chi connectivity index (χ0) is 30.6. The number of hydrogen-bond donors (Lipinski definition) is 2. The normalized spacial score (nSPS) is 13.6. The predicted molar refractivity (Wildman–Crippen MR) is 168 cm³/mol. The van der Waals surface area contributed by atoms with E-state index < -0.39 is 11.9 Å². The lowest BCUT2D eigenvalue weighted by atomic mass is 9.96. The van der Waals surface area contributed by atoms with Gasteiger partial charge in [0.2, 0.25) is 11.8 Å². The average molecular weight is 610 g/mol. The van der Waals surface area contributed by atoms with Crippen LogP contribution in [-0.2, 0) is 25.3 Å². The van der Waals surface area contributed by atoms with E-state index in [2.05, 4.69) is 25.7 Å². The Hall–Kier alpha value is -4.96. The quantitative estimate of drug-likeness (QED) is 0.218. The molecular formula is C33H32ClN7O3. The highest BCUT2D eigenvalue weighted by molar-refractivity contribution is 6.31. The molecule has 1 unspecified atom stereocenters. The number of carbonyl (C=O) groups is 2. The minimum atomic E-state index is -0.933. The van der Waals surface area contributed by atoms with Crippen molar-refractivity contribution in [2.45, 2.75) is 37.8 Å². The third-order valence-electron chi connectivity index (χ3n) is 7.82. The topological polar surface area (TPSA) is 116 Å². The molecule has 2 amide bonds. The number of imidazole rings is 1. The number of nitrogens with one attached hydrogen (secondary N) is 2. The van der Waals surface area contributed by atoms with Crippen molar-refractivity contribution >= 4 is 29.1 Å². The predicted octanol–water partition coefficient (Wildman–Crippen LogP) is 5.45. The summed E-state index contributed by atoms with van der Waals surface area (Å²) in [6, 6.07) is 17.6. The maximum Gasteiger partial charge on any atom is 0.270 e. The number of nitrogens with zero attached hydrogens (tertiary/aromatic N) is 5. The van der Waals surface area contributed by atoms with Crippen LogP contribution in [0.25, 0.3) is 22.4 Å². The summed E-state index contributed by atoms with van der Waals surface area (Å²) < 4.78 is 9.37. The summed E-state index contributed by atoms with van der Waals surface area (Å²) in [5.74, 6) is -0.218. The molecule has 2 aromatic carbocycles. The Morgan fingerprint density at radius 3 is 2.45 bits per heavy atom. The molecule has 0 radical (unpaired) electrons. The van der Waals surface area contributed by atoms with Gasteiger partial charge in [-0.25, -0.2) is 9.97 Å². The van der Waals surface area contributed by atoms with E-state index in [1.807, 2.05) is 60.1 Å². The minimum absolute atomic E-state index is 0.158. The third-order valence-corrected chi connectivity index (χ3v) is 8.19. The zero-order valence-corrected chi connectivity index (χ0v) is 25.2. The average Bonchev–Trinajstić information content (AvgIpc) is 3.64. The summed E-state index contributed by atoms with van der Waals surface area (Å²) in [4.78, 5) is 35.4. The van der Waals surface area contributed by atoms with Crippen LogP contribution in [0.2, 0.25) is 5.02 Å². The van der Waals surface area contributed by atoms with Crippen LogP contribution < -0.4 is 15.4 Å². The largest absolute Gasteiger partial charge is 0.474 e. The van der Waals surface area contributed by atoms with Crippen LogP contribution in [-0.4, -0.2) is 48.3 Å². The van der Waals surface area contributed by atoms with Crippen LogP contribution in [0.3, 0.4) is 0 Å². The van der Waals surface area contributed by atoms with Gasteiger partial charge in [0.15, 0.2) is 0 Å². The number of amides is 2. The number of hydrogen-bond acceptors (Lipinski definition) is 6. The zero-order valence-electron chi connectivity index (χ0n) is 24.4. The highest BCUT2D eigenvalue weighted by atomic mass is 35.5. The first-order chi connectivity index (χ1) is 21.3. The Balaban J connectivity index is 1.24. The van der Waals surface area contributed by atoms with Gasteiger partial charge in [0.25, 0.3) is 5.91 Å². The molecule has 10 nitrogen and oxygen atoms in total. The molecule has 3 aromatic heterocycles. The molecule has 224 valence electrons. The SMILES string of the molecule is Cn1cncc1-c1ccc(NC(=O)C(Cc2cc(-c3ccnc(OC4CCC4)c3)ccc2Cl)NC(=O)c2ccnn2C)cc1. The summed E-state index contributed by atoms with van der Waals surface area (Å²) in [5.41, 5.74) is 5.36. The molecule has 0 bridgehead atoms. The van der Waals surface area contributed by atoms with Crippen molar-refractivity contribution in [3.8, 4) is 28.3 Å². The van der Waals surface area contributed by atoms with Crippen molar-refractivity contribution < 1.29 is 14.3 Å². The second-order valence-corrected chi connectivity index (χ2v) is 11.3. The van der Waals surface area contributed by atoms with Crippen molar-refractivity contribution in [3.63, 3.8) is 0 Å². The monoisotopic (exact) mass is 609 g/mol. The lowest BCUT2D eigenvalue weighted by Crippen LogP contribution is -2.45. The van der Waals surface area contributed by atoms with Crippen molar-refractivity contribution in [1.29, 1.82) is 0 Å². The van der Waals surface area contributed by atoms with Crippen molar-refractivity contribution in [3.05, 3.63) is 102 Å². The van der Waals surface area contributed by atoms with Gasteiger partial charge in [0.1, 0.15) is 17.8 Å². The molecule has 0 aliphatic heterocycles. The summed E-state index contributed by atoms with van der Waals surface area (Å²) in [6.45, 7) is 0. The van der Waals surface area contributed by atoms with Crippen molar-refractivity contribution in [2.24, 2.45) is 14.1 Å². The number of carbonyl (C=O) groups excluding carboxylic acids is 2.